The number of carboxylic acids is 1. The number of nitrogens with one attached hydrogen (secondary N) is 2. The highest BCUT2D eigenvalue weighted by Crippen LogP contribution is 2.17. The minimum atomic E-state index is -4.59. The van der Waals surface area contributed by atoms with Crippen LogP contribution in [0.4, 0.5) is 28.0 Å². The summed E-state index contributed by atoms with van der Waals surface area (Å²) < 4.78 is 48.3. The summed E-state index contributed by atoms with van der Waals surface area (Å²) >= 11 is 0. The number of carboxylic acid groups (broad SMARTS) is 1. The predicted molar refractivity (Wildman–Crippen MR) is 56.4 cm³/mol. The monoisotopic (exact) mass is 280 g/mol. The van der Waals surface area contributed by atoms with Crippen LogP contribution in [0, 0.1) is 5.82 Å². The number of amides is 2. The predicted octanol–water partition coefficient (Wildman–Crippen LogP) is 2.21. The Morgan fingerprint density at radius 2 is 1.89 bits per heavy atom. The van der Waals surface area contributed by atoms with Gasteiger partial charge in [0.1, 0.15) is 12.4 Å². The van der Waals surface area contributed by atoms with Crippen LogP contribution in [-0.2, 0) is 0 Å². The molecule has 1 rings (SSSR count). The first-order chi connectivity index (χ1) is 8.69. The van der Waals surface area contributed by atoms with Crippen LogP contribution in [0.25, 0.3) is 0 Å². The summed E-state index contributed by atoms with van der Waals surface area (Å²) in [4.78, 5) is 21.9. The van der Waals surface area contributed by atoms with Crippen LogP contribution in [0.15, 0.2) is 18.2 Å². The van der Waals surface area contributed by atoms with Crippen molar-refractivity contribution in [2.24, 2.45) is 0 Å². The molecular formula is C10H8F4N2O3. The van der Waals surface area contributed by atoms with Crippen molar-refractivity contribution >= 4 is 17.7 Å². The zero-order valence-electron chi connectivity index (χ0n) is 9.21. The van der Waals surface area contributed by atoms with Gasteiger partial charge in [-0.1, -0.05) is 0 Å². The Morgan fingerprint density at radius 3 is 2.42 bits per heavy atom. The van der Waals surface area contributed by atoms with Crippen LogP contribution in [-0.4, -0.2) is 29.8 Å². The van der Waals surface area contributed by atoms with Gasteiger partial charge in [0.25, 0.3) is 0 Å². The summed E-state index contributed by atoms with van der Waals surface area (Å²) in [5.41, 5.74) is -0.879. The first kappa shape index (κ1) is 14.7. The SMILES string of the molecule is O=C(NCC(F)(F)F)Nc1ccc(F)cc1C(=O)O. The number of urea groups is 1. The third-order valence-electron chi connectivity index (χ3n) is 1.91. The molecule has 19 heavy (non-hydrogen) atoms. The van der Waals surface area contributed by atoms with Gasteiger partial charge in [0.05, 0.1) is 11.3 Å². The van der Waals surface area contributed by atoms with E-state index < -0.39 is 36.1 Å². The molecule has 0 saturated heterocycles. The zero-order valence-corrected chi connectivity index (χ0v) is 9.21. The van der Waals surface area contributed by atoms with Crippen LogP contribution in [0.1, 0.15) is 10.4 Å². The van der Waals surface area contributed by atoms with E-state index in [2.05, 4.69) is 0 Å². The number of benzene rings is 1. The number of hydrogen-bond acceptors (Lipinski definition) is 2. The molecule has 3 N–H and O–H groups in total. The molecule has 0 radical (unpaired) electrons. The lowest BCUT2D eigenvalue weighted by molar-refractivity contribution is -0.122. The van der Waals surface area contributed by atoms with E-state index in [4.69, 9.17) is 5.11 Å². The van der Waals surface area contributed by atoms with Gasteiger partial charge in [-0.25, -0.2) is 14.0 Å². The third-order valence-corrected chi connectivity index (χ3v) is 1.91. The average Bonchev–Trinajstić information content (AvgIpc) is 2.28. The molecule has 0 heterocycles. The molecule has 9 heteroatoms. The Kier molecular flexibility index (Phi) is 4.30. The zero-order chi connectivity index (χ0) is 14.6. The number of carbonyl (C=O) groups excluding carboxylic acids is 1. The van der Waals surface area contributed by atoms with E-state index >= 15 is 0 Å². The van der Waals surface area contributed by atoms with E-state index in [1.165, 1.54) is 5.32 Å². The highest BCUT2D eigenvalue weighted by Gasteiger charge is 2.27. The molecule has 0 aromatic heterocycles. The summed E-state index contributed by atoms with van der Waals surface area (Å²) in [5, 5.41) is 12.1. The maximum Gasteiger partial charge on any atom is 0.405 e. The second-order valence-corrected chi connectivity index (χ2v) is 3.42. The van der Waals surface area contributed by atoms with Crippen LogP contribution >= 0.6 is 0 Å². The number of anilines is 1. The maximum absolute atomic E-state index is 12.8. The second-order valence-electron chi connectivity index (χ2n) is 3.42. The molecule has 0 atom stereocenters. The normalized spacial score (nSPS) is 10.9. The first-order valence-corrected chi connectivity index (χ1v) is 4.83. The van der Waals surface area contributed by atoms with Gasteiger partial charge < -0.3 is 15.7 Å². The maximum atomic E-state index is 12.8. The summed E-state index contributed by atoms with van der Waals surface area (Å²) in [6, 6.07) is 1.20. The highest BCUT2D eigenvalue weighted by atomic mass is 19.4. The van der Waals surface area contributed by atoms with Crippen LogP contribution in [0.2, 0.25) is 0 Å². The number of halogens is 4. The molecule has 0 aliphatic carbocycles. The molecular weight excluding hydrogens is 272 g/mol. The second kappa shape index (κ2) is 5.55. The fourth-order valence-electron chi connectivity index (χ4n) is 1.15. The molecule has 1 aromatic rings. The smallest absolute Gasteiger partial charge is 0.405 e. The number of carbonyl (C=O) groups is 2. The number of hydrogen-bond donors (Lipinski definition) is 3. The first-order valence-electron chi connectivity index (χ1n) is 4.83. The Labute approximate surface area is 104 Å². The van der Waals surface area contributed by atoms with Gasteiger partial charge in [-0.2, -0.15) is 13.2 Å². The van der Waals surface area contributed by atoms with Crippen molar-refractivity contribution in [1.82, 2.24) is 5.32 Å². The van der Waals surface area contributed by atoms with Gasteiger partial charge in [-0.15, -0.1) is 0 Å². The van der Waals surface area contributed by atoms with Crippen molar-refractivity contribution < 1.29 is 32.3 Å². The van der Waals surface area contributed by atoms with Gasteiger partial charge in [0, 0.05) is 0 Å². The fraction of sp³-hybridized carbons (Fsp3) is 0.200. The topological polar surface area (TPSA) is 78.4 Å². The molecule has 1 aromatic carbocycles. The van der Waals surface area contributed by atoms with Crippen LogP contribution in [0.5, 0.6) is 0 Å². The molecule has 2 amide bonds. The van der Waals surface area contributed by atoms with Crippen molar-refractivity contribution in [3.05, 3.63) is 29.6 Å². The summed E-state index contributed by atoms with van der Waals surface area (Å²) in [6.45, 7) is -1.57. The van der Waals surface area contributed by atoms with Crippen molar-refractivity contribution in [3.8, 4) is 0 Å². The van der Waals surface area contributed by atoms with Gasteiger partial charge in [-0.3, -0.25) is 0 Å². The Balaban J connectivity index is 2.77. The van der Waals surface area contributed by atoms with Gasteiger partial charge in [0.2, 0.25) is 0 Å². The largest absolute Gasteiger partial charge is 0.478 e. The van der Waals surface area contributed by atoms with E-state index in [0.29, 0.717) is 6.07 Å². The molecule has 104 valence electrons. The van der Waals surface area contributed by atoms with E-state index in [1.54, 1.807) is 0 Å². The molecule has 0 unspecified atom stereocenters. The highest BCUT2D eigenvalue weighted by molar-refractivity contribution is 5.99. The van der Waals surface area contributed by atoms with Crippen molar-refractivity contribution in [3.63, 3.8) is 0 Å². The Hall–Kier alpha value is -2.32. The number of rotatable bonds is 3. The quantitative estimate of drug-likeness (QED) is 0.743. The summed E-state index contributed by atoms with van der Waals surface area (Å²) in [7, 11) is 0. The summed E-state index contributed by atoms with van der Waals surface area (Å²) in [5.74, 6) is -2.37. The summed E-state index contributed by atoms with van der Waals surface area (Å²) in [6.07, 6.45) is -4.59. The minimum Gasteiger partial charge on any atom is -0.478 e. The molecule has 5 nitrogen and oxygen atoms in total. The minimum absolute atomic E-state index is 0.312. The van der Waals surface area contributed by atoms with Crippen LogP contribution in [0.3, 0.4) is 0 Å². The number of aromatic carboxylic acids is 1. The third kappa shape index (κ3) is 4.82. The van der Waals surface area contributed by atoms with E-state index in [9.17, 15) is 27.2 Å². The molecule has 0 fully saturated rings. The molecule has 0 aliphatic rings. The van der Waals surface area contributed by atoms with Gasteiger partial charge >= 0.3 is 18.2 Å². The lowest BCUT2D eigenvalue weighted by atomic mass is 10.2. The van der Waals surface area contributed by atoms with E-state index in [1.807, 2.05) is 5.32 Å². The molecule has 0 saturated carbocycles. The van der Waals surface area contributed by atoms with Crippen LogP contribution < -0.4 is 10.6 Å². The molecule has 0 spiro atoms. The van der Waals surface area contributed by atoms with E-state index in [-0.39, 0.29) is 5.69 Å². The fourth-order valence-corrected chi connectivity index (χ4v) is 1.15. The van der Waals surface area contributed by atoms with Crippen molar-refractivity contribution in [2.75, 3.05) is 11.9 Å². The Bertz CT molecular complexity index is 502. The number of alkyl halides is 3. The molecule has 0 aliphatic heterocycles. The van der Waals surface area contributed by atoms with Gasteiger partial charge in [-0.05, 0) is 18.2 Å². The van der Waals surface area contributed by atoms with Crippen molar-refractivity contribution in [1.29, 1.82) is 0 Å². The van der Waals surface area contributed by atoms with Crippen molar-refractivity contribution in [2.45, 2.75) is 6.18 Å². The lowest BCUT2D eigenvalue weighted by Crippen LogP contribution is -2.36. The Morgan fingerprint density at radius 1 is 1.26 bits per heavy atom. The lowest BCUT2D eigenvalue weighted by Gasteiger charge is -2.11. The van der Waals surface area contributed by atoms with E-state index in [0.717, 1.165) is 12.1 Å². The van der Waals surface area contributed by atoms with Gasteiger partial charge in [0.15, 0.2) is 0 Å². The average molecular weight is 280 g/mol. The molecule has 0 bridgehead atoms. The standard InChI is InChI=1S/C10H8F4N2O3/c11-5-1-2-7(6(3-5)8(17)18)16-9(19)15-4-10(12,13)14/h1-3H,4H2,(H,17,18)(H2,15,16,19).